The first-order chi connectivity index (χ1) is 6.01. The molecule has 0 aliphatic carbocycles. The van der Waals surface area contributed by atoms with E-state index in [1.165, 1.54) is 0 Å². The summed E-state index contributed by atoms with van der Waals surface area (Å²) in [5, 5.41) is 0. The van der Waals surface area contributed by atoms with Gasteiger partial charge in [0, 0.05) is 6.61 Å². The third-order valence-corrected chi connectivity index (χ3v) is 0.683. The summed E-state index contributed by atoms with van der Waals surface area (Å²) in [4.78, 5) is 0. The van der Waals surface area contributed by atoms with Crippen LogP contribution in [0.2, 0.25) is 0 Å². The van der Waals surface area contributed by atoms with Gasteiger partial charge in [0.1, 0.15) is 0 Å². The summed E-state index contributed by atoms with van der Waals surface area (Å²) in [6.07, 6.45) is 0. The third-order valence-electron chi connectivity index (χ3n) is 0.683. The van der Waals surface area contributed by atoms with Crippen LogP contribution in [0.5, 0.6) is 0 Å². The average Bonchev–Trinajstić information content (AvgIpc) is 1.73. The first-order valence-electron chi connectivity index (χ1n) is 3.96. The van der Waals surface area contributed by atoms with Gasteiger partial charge in [-0.1, -0.05) is 0 Å². The van der Waals surface area contributed by atoms with E-state index in [-0.39, 0.29) is 0 Å². The Labute approximate surface area is 84.6 Å². The first-order valence-corrected chi connectivity index (χ1v) is 5.98. The van der Waals surface area contributed by atoms with Gasteiger partial charge in [-0.3, -0.25) is 0 Å². The second-order valence-corrected chi connectivity index (χ2v) is 5.79. The van der Waals surface area contributed by atoms with E-state index in [0.29, 0.717) is 0 Å². The molecule has 0 rings (SSSR count). The Kier molecular flexibility index (Phi) is 4.70. The number of hydrogen-bond donors (Lipinski definition) is 0. The molecule has 9 heteroatoms. The van der Waals surface area contributed by atoms with Crippen LogP contribution in [0.1, 0.15) is 6.92 Å². The summed E-state index contributed by atoms with van der Waals surface area (Å²) in [5.74, 6) is 0. The zero-order valence-corrected chi connectivity index (χ0v) is 9.88. The van der Waals surface area contributed by atoms with E-state index in [4.69, 9.17) is 4.74 Å². The van der Waals surface area contributed by atoms with Gasteiger partial charge >= 0.3 is 33.0 Å². The fourth-order valence-corrected chi connectivity index (χ4v) is 0.365. The van der Waals surface area contributed by atoms with E-state index >= 15 is 0 Å². The molecule has 0 bridgehead atoms. The molecule has 0 fully saturated rings. The molecule has 0 aromatic heterocycles. The summed E-state index contributed by atoms with van der Waals surface area (Å²) in [5.41, 5.74) is 0. The van der Waals surface area contributed by atoms with E-state index in [1.54, 1.807) is 0 Å². The van der Waals surface area contributed by atoms with Crippen molar-refractivity contribution in [3.8, 4) is 0 Å². The Hall–Kier alpha value is -0.0700. The fraction of sp³-hybridized carbons (Fsp3) is 1.00. The van der Waals surface area contributed by atoms with Gasteiger partial charge in [0.25, 0.3) is 0 Å². The second kappa shape index (κ2) is 4.07. The van der Waals surface area contributed by atoms with Crippen molar-refractivity contribution in [2.24, 2.45) is 0 Å². The van der Waals surface area contributed by atoms with Gasteiger partial charge in [0.2, 0.25) is 0 Å². The molecule has 0 saturated carbocycles. The Morgan fingerprint density at radius 3 is 1.27 bits per heavy atom. The summed E-state index contributed by atoms with van der Waals surface area (Å²) < 4.78 is 65.2. The van der Waals surface area contributed by atoms with Gasteiger partial charge in [0.05, 0.1) is 21.1 Å². The number of quaternary nitrogens is 1. The maximum absolute atomic E-state index is 10.7. The minimum absolute atomic E-state index is 0.802. The monoisotopic (exact) mass is 263 g/mol. The van der Waals surface area contributed by atoms with Crippen molar-refractivity contribution >= 4 is 7.81 Å². The molecule has 0 unspecified atom stereocenters. The molecule has 0 amide bonds. The molecular formula is C6H16F6NOP. The minimum atomic E-state index is -10.7. The molecule has 15 heavy (non-hydrogen) atoms. The van der Waals surface area contributed by atoms with E-state index in [2.05, 4.69) is 21.1 Å². The Balaban J connectivity index is 0. The molecule has 0 aliphatic heterocycles. The molecule has 0 aromatic rings. The van der Waals surface area contributed by atoms with Crippen molar-refractivity contribution in [3.63, 3.8) is 0 Å². The number of ether oxygens (including phenoxy) is 1. The van der Waals surface area contributed by atoms with Crippen LogP contribution >= 0.6 is 7.81 Å². The molecule has 98 valence electrons. The van der Waals surface area contributed by atoms with E-state index in [0.717, 1.165) is 17.8 Å². The number of halogens is 6. The first kappa shape index (κ1) is 17.3. The summed E-state index contributed by atoms with van der Waals surface area (Å²) >= 11 is 0. The normalized spacial score (nSPS) is 17.2. The van der Waals surface area contributed by atoms with Gasteiger partial charge < -0.3 is 9.22 Å². The molecule has 0 aliphatic rings. The van der Waals surface area contributed by atoms with Crippen molar-refractivity contribution < 1.29 is 34.4 Å². The number of rotatable bonds is 3. The molecule has 0 radical (unpaired) electrons. The van der Waals surface area contributed by atoms with Crippen molar-refractivity contribution in [2.45, 2.75) is 6.92 Å². The van der Waals surface area contributed by atoms with Gasteiger partial charge in [0.15, 0.2) is 6.73 Å². The van der Waals surface area contributed by atoms with Crippen molar-refractivity contribution in [1.29, 1.82) is 0 Å². The second-order valence-electron chi connectivity index (χ2n) is 3.87. The van der Waals surface area contributed by atoms with E-state index < -0.39 is 7.81 Å². The van der Waals surface area contributed by atoms with E-state index in [9.17, 15) is 25.2 Å². The quantitative estimate of drug-likeness (QED) is 0.323. The zero-order valence-electron chi connectivity index (χ0n) is 8.98. The molecule has 0 N–H and O–H groups in total. The molecule has 0 aromatic carbocycles. The number of nitrogens with zero attached hydrogens (tertiary/aromatic N) is 1. The van der Waals surface area contributed by atoms with E-state index in [1.807, 2.05) is 6.92 Å². The van der Waals surface area contributed by atoms with Crippen LogP contribution in [-0.2, 0) is 4.74 Å². The molecule has 0 saturated heterocycles. The molecule has 0 spiro atoms. The van der Waals surface area contributed by atoms with Crippen LogP contribution in [0, 0.1) is 0 Å². The van der Waals surface area contributed by atoms with Crippen LogP contribution in [0.15, 0.2) is 0 Å². The van der Waals surface area contributed by atoms with Crippen LogP contribution in [-0.4, -0.2) is 39.0 Å². The molecular weight excluding hydrogens is 247 g/mol. The van der Waals surface area contributed by atoms with Crippen LogP contribution in [0.4, 0.5) is 25.2 Å². The Morgan fingerprint density at radius 2 is 1.20 bits per heavy atom. The summed E-state index contributed by atoms with van der Waals surface area (Å²) in [7, 11) is -4.34. The van der Waals surface area contributed by atoms with Crippen LogP contribution in [0.25, 0.3) is 0 Å². The maximum atomic E-state index is 9.87. The molecule has 0 heterocycles. The predicted molar refractivity (Wildman–Crippen MR) is 48.1 cm³/mol. The SMILES string of the molecule is CCOC[N+](C)(C)C.F[P-](F)(F)(F)(F)F. The topological polar surface area (TPSA) is 9.23 Å². The average molecular weight is 263 g/mol. The van der Waals surface area contributed by atoms with Gasteiger partial charge in [-0.05, 0) is 6.92 Å². The third kappa shape index (κ3) is 81.6. The zero-order chi connectivity index (χ0) is 13.0. The van der Waals surface area contributed by atoms with Gasteiger partial charge in [-0.2, -0.15) is 0 Å². The number of hydrogen-bond acceptors (Lipinski definition) is 1. The predicted octanol–water partition coefficient (Wildman–Crippen LogP) is 4.07. The fourth-order valence-electron chi connectivity index (χ4n) is 0.365. The van der Waals surface area contributed by atoms with Crippen LogP contribution in [0.3, 0.4) is 0 Å². The Bertz CT molecular complexity index is 180. The van der Waals surface area contributed by atoms with Crippen molar-refractivity contribution in [2.75, 3.05) is 34.5 Å². The standard InChI is InChI=1S/C6H16NO.F6P/c1-5-8-6-7(2,3)4;1-7(2,3,4,5)6/h5-6H2,1-4H3;/q+1;-1. The summed E-state index contributed by atoms with van der Waals surface area (Å²) in [6.45, 7) is 3.63. The Morgan fingerprint density at radius 1 is 0.933 bits per heavy atom. The van der Waals surface area contributed by atoms with Crippen LogP contribution < -0.4 is 0 Å². The van der Waals surface area contributed by atoms with Gasteiger partial charge in [-0.15, -0.1) is 0 Å². The molecule has 0 atom stereocenters. The van der Waals surface area contributed by atoms with Crippen molar-refractivity contribution in [3.05, 3.63) is 0 Å². The van der Waals surface area contributed by atoms with Gasteiger partial charge in [-0.25, -0.2) is 0 Å². The van der Waals surface area contributed by atoms with Crippen molar-refractivity contribution in [1.82, 2.24) is 0 Å². The summed E-state index contributed by atoms with van der Waals surface area (Å²) in [6, 6.07) is 0. The molecule has 2 nitrogen and oxygen atoms in total.